The normalized spacial score (nSPS) is 15.4. The molecule has 0 N–H and O–H groups in total. The lowest BCUT2D eigenvalue weighted by Gasteiger charge is -2.23. The summed E-state index contributed by atoms with van der Waals surface area (Å²) in [4.78, 5) is 20.8. The molecule has 0 spiro atoms. The van der Waals surface area contributed by atoms with Crippen LogP contribution in [-0.4, -0.2) is 10.6 Å². The van der Waals surface area contributed by atoms with Gasteiger partial charge in [-0.25, -0.2) is 0 Å². The molecule has 0 aliphatic carbocycles. The summed E-state index contributed by atoms with van der Waals surface area (Å²) < 4.78 is 0. The van der Waals surface area contributed by atoms with E-state index in [4.69, 9.17) is 0 Å². The van der Waals surface area contributed by atoms with Crippen LogP contribution in [0.3, 0.4) is 0 Å². The van der Waals surface area contributed by atoms with Crippen molar-refractivity contribution in [1.29, 1.82) is 0 Å². The first-order valence-electron chi connectivity index (χ1n) is 4.57. The first-order valence-corrected chi connectivity index (χ1v) is 4.57. The molecule has 0 saturated heterocycles. The van der Waals surface area contributed by atoms with E-state index in [0.717, 1.165) is 0 Å². The van der Waals surface area contributed by atoms with Crippen molar-refractivity contribution in [3.8, 4) is 0 Å². The van der Waals surface area contributed by atoms with Crippen molar-refractivity contribution in [2.75, 3.05) is 0 Å². The van der Waals surface area contributed by atoms with E-state index in [9.17, 15) is 15.0 Å². The van der Waals surface area contributed by atoms with Crippen molar-refractivity contribution < 1.29 is 4.92 Å². The Hall–Kier alpha value is -1.00. The predicted octanol–water partition coefficient (Wildman–Crippen LogP) is 2.57. The van der Waals surface area contributed by atoms with E-state index in [1.54, 1.807) is 6.92 Å². The van der Waals surface area contributed by atoms with Crippen molar-refractivity contribution in [3.63, 3.8) is 0 Å². The number of hydrogen-bond donors (Lipinski definition) is 0. The highest BCUT2D eigenvalue weighted by molar-refractivity contribution is 4.81. The minimum absolute atomic E-state index is 0.163. The van der Waals surface area contributed by atoms with Crippen LogP contribution < -0.4 is 0 Å². The third-order valence-corrected chi connectivity index (χ3v) is 2.63. The van der Waals surface area contributed by atoms with Gasteiger partial charge in [0.2, 0.25) is 0 Å². The lowest BCUT2D eigenvalue weighted by Crippen LogP contribution is -2.42. The lowest BCUT2D eigenvalue weighted by molar-refractivity contribution is -0.580. The van der Waals surface area contributed by atoms with Crippen LogP contribution in [0.15, 0.2) is 5.18 Å². The minimum atomic E-state index is -1.61. The van der Waals surface area contributed by atoms with E-state index in [0.29, 0.717) is 12.8 Å². The Morgan fingerprint density at radius 1 is 1.38 bits per heavy atom. The van der Waals surface area contributed by atoms with E-state index in [1.165, 1.54) is 0 Å². The fourth-order valence-electron chi connectivity index (χ4n) is 1.68. The number of rotatable bonds is 6. The zero-order valence-corrected chi connectivity index (χ0v) is 8.32. The standard InChI is InChI=1S/C8H16N2O3/c1-4-7(5-2)8(6-3,9-11)10(12)13/h7H,4-6H2,1-3H3. The Labute approximate surface area is 77.6 Å². The van der Waals surface area contributed by atoms with Gasteiger partial charge in [-0.2, -0.15) is 0 Å². The smallest absolute Gasteiger partial charge is 0.262 e. The van der Waals surface area contributed by atoms with Gasteiger partial charge in [-0.3, -0.25) is 10.1 Å². The van der Waals surface area contributed by atoms with Gasteiger partial charge in [-0.1, -0.05) is 20.8 Å². The molecule has 0 heterocycles. The average Bonchev–Trinajstić information content (AvgIpc) is 2.13. The van der Waals surface area contributed by atoms with E-state index < -0.39 is 10.6 Å². The second-order valence-corrected chi connectivity index (χ2v) is 3.09. The van der Waals surface area contributed by atoms with Crippen LogP contribution in [-0.2, 0) is 0 Å². The molecule has 1 unspecified atom stereocenters. The molecule has 0 fully saturated rings. The van der Waals surface area contributed by atoms with Crippen LogP contribution in [0.25, 0.3) is 0 Å². The molecule has 0 aromatic carbocycles. The molecule has 0 amide bonds. The number of nitroso groups, excluding NO2 is 1. The van der Waals surface area contributed by atoms with Gasteiger partial charge in [0.1, 0.15) is 0 Å². The quantitative estimate of drug-likeness (QED) is 0.365. The minimum Gasteiger partial charge on any atom is -0.262 e. The maximum atomic E-state index is 10.8. The third-order valence-electron chi connectivity index (χ3n) is 2.63. The Balaban J connectivity index is 4.93. The summed E-state index contributed by atoms with van der Waals surface area (Å²) in [5.41, 5.74) is -1.61. The van der Waals surface area contributed by atoms with Crippen LogP contribution in [0, 0.1) is 20.9 Å². The van der Waals surface area contributed by atoms with Gasteiger partial charge in [0, 0.05) is 11.6 Å². The summed E-state index contributed by atoms with van der Waals surface area (Å²) in [7, 11) is 0. The second kappa shape index (κ2) is 4.89. The first kappa shape index (κ1) is 12.0. The van der Waals surface area contributed by atoms with Gasteiger partial charge < -0.3 is 0 Å². The van der Waals surface area contributed by atoms with E-state index in [1.807, 2.05) is 13.8 Å². The summed E-state index contributed by atoms with van der Waals surface area (Å²) in [5.74, 6) is -0.259. The number of nitro groups is 1. The summed E-state index contributed by atoms with van der Waals surface area (Å²) in [6.45, 7) is 5.31. The lowest BCUT2D eigenvalue weighted by atomic mass is 9.87. The summed E-state index contributed by atoms with van der Waals surface area (Å²) in [6, 6.07) is 0. The fourth-order valence-corrected chi connectivity index (χ4v) is 1.68. The van der Waals surface area contributed by atoms with Crippen LogP contribution in [0.4, 0.5) is 0 Å². The molecule has 0 aromatic heterocycles. The van der Waals surface area contributed by atoms with Crippen LogP contribution >= 0.6 is 0 Å². The molecule has 0 aromatic rings. The molecular formula is C8H16N2O3. The Kier molecular flexibility index (Phi) is 4.51. The fraction of sp³-hybridized carbons (Fsp3) is 1.00. The Morgan fingerprint density at radius 2 is 1.85 bits per heavy atom. The van der Waals surface area contributed by atoms with Crippen molar-refractivity contribution in [2.45, 2.75) is 45.7 Å². The zero-order chi connectivity index (χ0) is 10.5. The van der Waals surface area contributed by atoms with Crippen LogP contribution in [0.1, 0.15) is 40.0 Å². The molecule has 0 saturated carbocycles. The van der Waals surface area contributed by atoms with Gasteiger partial charge in [-0.15, -0.1) is 4.91 Å². The average molecular weight is 188 g/mol. The highest BCUT2D eigenvalue weighted by Gasteiger charge is 2.49. The van der Waals surface area contributed by atoms with Gasteiger partial charge in [-0.05, 0) is 12.8 Å². The van der Waals surface area contributed by atoms with Crippen molar-refractivity contribution in [1.82, 2.24) is 0 Å². The molecule has 1 atom stereocenters. The molecule has 0 aliphatic heterocycles. The largest absolute Gasteiger partial charge is 0.350 e. The first-order chi connectivity index (χ1) is 6.08. The van der Waals surface area contributed by atoms with Gasteiger partial charge in [0.05, 0.1) is 10.8 Å². The third kappa shape index (κ3) is 2.02. The van der Waals surface area contributed by atoms with Crippen molar-refractivity contribution in [2.24, 2.45) is 11.1 Å². The number of nitrogens with zero attached hydrogens (tertiary/aromatic N) is 2. The second-order valence-electron chi connectivity index (χ2n) is 3.09. The predicted molar refractivity (Wildman–Crippen MR) is 49.9 cm³/mol. The van der Waals surface area contributed by atoms with Gasteiger partial charge >= 0.3 is 5.66 Å². The highest BCUT2D eigenvalue weighted by atomic mass is 16.6. The summed E-state index contributed by atoms with van der Waals surface area (Å²) in [5, 5.41) is 13.5. The molecule has 0 rings (SSSR count). The maximum absolute atomic E-state index is 10.8. The molecule has 5 heteroatoms. The molecule has 0 radical (unpaired) electrons. The van der Waals surface area contributed by atoms with Crippen molar-refractivity contribution >= 4 is 0 Å². The van der Waals surface area contributed by atoms with Gasteiger partial charge in [0.15, 0.2) is 0 Å². The summed E-state index contributed by atoms with van der Waals surface area (Å²) in [6.07, 6.45) is 1.38. The van der Waals surface area contributed by atoms with E-state index in [-0.39, 0.29) is 12.3 Å². The Bertz CT molecular complexity index is 192. The molecule has 13 heavy (non-hydrogen) atoms. The highest BCUT2D eigenvalue weighted by Crippen LogP contribution is 2.31. The maximum Gasteiger partial charge on any atom is 0.350 e. The Morgan fingerprint density at radius 3 is 1.92 bits per heavy atom. The monoisotopic (exact) mass is 188 g/mol. The molecule has 76 valence electrons. The van der Waals surface area contributed by atoms with E-state index >= 15 is 0 Å². The summed E-state index contributed by atoms with van der Waals surface area (Å²) >= 11 is 0. The molecule has 0 bridgehead atoms. The van der Waals surface area contributed by atoms with E-state index in [2.05, 4.69) is 5.18 Å². The SMILES string of the molecule is CCC(CC)C(CC)(N=O)[N+](=O)[O-]. The molecule has 5 nitrogen and oxygen atoms in total. The van der Waals surface area contributed by atoms with Gasteiger partial charge in [0.25, 0.3) is 0 Å². The zero-order valence-electron chi connectivity index (χ0n) is 8.32. The number of hydrogen-bond acceptors (Lipinski definition) is 4. The topological polar surface area (TPSA) is 72.6 Å². The van der Waals surface area contributed by atoms with Crippen molar-refractivity contribution in [3.05, 3.63) is 15.0 Å². The van der Waals surface area contributed by atoms with Crippen LogP contribution in [0.5, 0.6) is 0 Å². The molecular weight excluding hydrogens is 172 g/mol. The van der Waals surface area contributed by atoms with Crippen LogP contribution in [0.2, 0.25) is 0 Å². The molecule has 0 aliphatic rings.